The summed E-state index contributed by atoms with van der Waals surface area (Å²) in [4.78, 5) is 31.0. The number of nitrogens with zero attached hydrogens (tertiary/aromatic N) is 2. The first kappa shape index (κ1) is 24.3. The molecule has 0 aliphatic carbocycles. The lowest BCUT2D eigenvalue weighted by Gasteiger charge is -2.12. The fourth-order valence-electron chi connectivity index (χ4n) is 4.64. The third-order valence-corrected chi connectivity index (χ3v) is 6.74. The minimum absolute atomic E-state index is 0.253. The number of para-hydroxylation sites is 1. The minimum atomic E-state index is -0.584. The Bertz CT molecular complexity index is 1670. The number of ketones is 1. The quantitative estimate of drug-likeness (QED) is 0.191. The van der Waals surface area contributed by atoms with Gasteiger partial charge in [0.25, 0.3) is 0 Å². The zero-order valence-corrected chi connectivity index (χ0v) is 21.6. The van der Waals surface area contributed by atoms with E-state index in [1.807, 2.05) is 69.3 Å². The van der Waals surface area contributed by atoms with Crippen LogP contribution in [0.25, 0.3) is 28.0 Å². The number of aryl methyl sites for hydroxylation is 4. The van der Waals surface area contributed by atoms with E-state index in [1.54, 1.807) is 6.07 Å². The number of fused-ring (bicyclic) bond motifs is 1. The number of ether oxygens (including phenoxy) is 1. The molecule has 3 heterocycles. The highest BCUT2D eigenvalue weighted by Crippen LogP contribution is 2.27. The van der Waals surface area contributed by atoms with Crippen molar-refractivity contribution in [2.24, 2.45) is 0 Å². The zero-order valence-electron chi connectivity index (χ0n) is 21.6. The highest BCUT2D eigenvalue weighted by Gasteiger charge is 2.21. The van der Waals surface area contributed by atoms with Crippen LogP contribution in [-0.2, 0) is 4.74 Å². The summed E-state index contributed by atoms with van der Waals surface area (Å²) in [6.07, 6.45) is 0. The molecule has 5 aromatic rings. The highest BCUT2D eigenvalue weighted by molar-refractivity contribution is 6.06. The normalized spacial score (nSPS) is 11.2. The number of aromatic nitrogens is 2. The number of Topliss-reactive ketones (excluding diaryl/α,β-unsaturated/α-hetero) is 1. The van der Waals surface area contributed by atoms with Crippen LogP contribution < -0.4 is 0 Å². The van der Waals surface area contributed by atoms with E-state index < -0.39 is 5.97 Å². The molecular formula is C31H28N2O4. The smallest absolute Gasteiger partial charge is 0.339 e. The van der Waals surface area contributed by atoms with Crippen LogP contribution in [0.4, 0.5) is 0 Å². The van der Waals surface area contributed by atoms with Gasteiger partial charge < -0.3 is 13.7 Å². The van der Waals surface area contributed by atoms with Crippen LogP contribution in [0.5, 0.6) is 0 Å². The van der Waals surface area contributed by atoms with Crippen molar-refractivity contribution in [3.63, 3.8) is 0 Å². The Morgan fingerprint density at radius 2 is 1.65 bits per heavy atom. The molecule has 0 aliphatic rings. The number of carbonyl (C=O) groups excluding carboxylic acids is 2. The van der Waals surface area contributed by atoms with Crippen molar-refractivity contribution < 1.29 is 18.7 Å². The van der Waals surface area contributed by atoms with Gasteiger partial charge in [-0.1, -0.05) is 24.3 Å². The van der Waals surface area contributed by atoms with E-state index in [-0.39, 0.29) is 12.4 Å². The summed E-state index contributed by atoms with van der Waals surface area (Å²) in [7, 11) is 0. The standard InChI is InChI=1S/C31H28N2O4/c1-18-10-12-23(14-19(18)2)33-20(3)15-25(22(33)5)29(34)17-36-31(35)26-16-28(30-13-11-21(4)37-30)32-27-9-7-6-8-24(26)27/h6-16H,17H2,1-5H3. The van der Waals surface area contributed by atoms with E-state index in [2.05, 4.69) is 35.5 Å². The number of furan rings is 1. The predicted molar refractivity (Wildman–Crippen MR) is 144 cm³/mol. The molecule has 0 unspecified atom stereocenters. The monoisotopic (exact) mass is 492 g/mol. The van der Waals surface area contributed by atoms with Gasteiger partial charge in [-0.25, -0.2) is 9.78 Å². The van der Waals surface area contributed by atoms with Gasteiger partial charge in [0.1, 0.15) is 11.5 Å². The van der Waals surface area contributed by atoms with Crippen molar-refractivity contribution in [3.8, 4) is 17.1 Å². The second kappa shape index (κ2) is 9.54. The maximum Gasteiger partial charge on any atom is 0.339 e. The lowest BCUT2D eigenvalue weighted by molar-refractivity contribution is 0.0476. The largest absolute Gasteiger partial charge is 0.460 e. The van der Waals surface area contributed by atoms with Crippen LogP contribution in [-0.4, -0.2) is 27.9 Å². The first-order valence-electron chi connectivity index (χ1n) is 12.2. The van der Waals surface area contributed by atoms with Crippen LogP contribution in [0.2, 0.25) is 0 Å². The third kappa shape index (κ3) is 4.58. The van der Waals surface area contributed by atoms with Gasteiger partial charge in [0.15, 0.2) is 12.4 Å². The van der Waals surface area contributed by atoms with Gasteiger partial charge in [-0.15, -0.1) is 0 Å². The summed E-state index contributed by atoms with van der Waals surface area (Å²) in [6, 6.07) is 20.7. The van der Waals surface area contributed by atoms with E-state index in [4.69, 9.17) is 9.15 Å². The second-order valence-corrected chi connectivity index (χ2v) is 9.37. The lowest BCUT2D eigenvalue weighted by Crippen LogP contribution is -2.15. The highest BCUT2D eigenvalue weighted by atomic mass is 16.5. The average Bonchev–Trinajstić information content (AvgIpc) is 3.45. The Morgan fingerprint density at radius 3 is 2.38 bits per heavy atom. The Labute approximate surface area is 215 Å². The van der Waals surface area contributed by atoms with Crippen LogP contribution >= 0.6 is 0 Å². The number of hydrogen-bond donors (Lipinski definition) is 0. The van der Waals surface area contributed by atoms with E-state index in [9.17, 15) is 9.59 Å². The van der Waals surface area contributed by atoms with Crippen molar-refractivity contribution in [2.75, 3.05) is 6.61 Å². The number of rotatable bonds is 6. The summed E-state index contributed by atoms with van der Waals surface area (Å²) in [5, 5.41) is 0.653. The molecule has 0 N–H and O–H groups in total. The summed E-state index contributed by atoms with van der Waals surface area (Å²) in [5.74, 6) is 0.474. The molecule has 3 aromatic heterocycles. The second-order valence-electron chi connectivity index (χ2n) is 9.37. The predicted octanol–water partition coefficient (Wildman–Crippen LogP) is 6.87. The van der Waals surface area contributed by atoms with Gasteiger partial charge in [0.2, 0.25) is 5.78 Å². The Balaban J connectivity index is 1.41. The fraction of sp³-hybridized carbons (Fsp3) is 0.194. The van der Waals surface area contributed by atoms with Crippen molar-refractivity contribution in [1.29, 1.82) is 0 Å². The number of hydrogen-bond acceptors (Lipinski definition) is 5. The average molecular weight is 493 g/mol. The summed E-state index contributed by atoms with van der Waals surface area (Å²) >= 11 is 0. The molecule has 0 spiro atoms. The van der Waals surface area contributed by atoms with Crippen molar-refractivity contribution >= 4 is 22.7 Å². The Kier molecular flexibility index (Phi) is 6.25. The zero-order chi connectivity index (χ0) is 26.3. The molecule has 2 aromatic carbocycles. The van der Waals surface area contributed by atoms with Gasteiger partial charge in [-0.3, -0.25) is 4.79 Å². The Hall–Kier alpha value is -4.45. The van der Waals surface area contributed by atoms with E-state index >= 15 is 0 Å². The van der Waals surface area contributed by atoms with Crippen LogP contribution in [0.3, 0.4) is 0 Å². The molecule has 6 heteroatoms. The van der Waals surface area contributed by atoms with Crippen molar-refractivity contribution in [2.45, 2.75) is 34.6 Å². The fourth-order valence-corrected chi connectivity index (χ4v) is 4.64. The molecule has 6 nitrogen and oxygen atoms in total. The van der Waals surface area contributed by atoms with Gasteiger partial charge in [0.05, 0.1) is 11.1 Å². The third-order valence-electron chi connectivity index (χ3n) is 6.74. The summed E-state index contributed by atoms with van der Waals surface area (Å²) in [6.45, 7) is 9.50. The summed E-state index contributed by atoms with van der Waals surface area (Å²) < 4.78 is 13.3. The van der Waals surface area contributed by atoms with Crippen molar-refractivity contribution in [1.82, 2.24) is 9.55 Å². The van der Waals surface area contributed by atoms with Crippen LogP contribution in [0.1, 0.15) is 49.0 Å². The lowest BCUT2D eigenvalue weighted by atomic mass is 10.1. The van der Waals surface area contributed by atoms with E-state index in [1.165, 1.54) is 11.1 Å². The van der Waals surface area contributed by atoms with E-state index in [0.29, 0.717) is 33.5 Å². The maximum absolute atomic E-state index is 13.2. The van der Waals surface area contributed by atoms with Crippen LogP contribution in [0, 0.1) is 34.6 Å². The molecule has 0 radical (unpaired) electrons. The molecule has 0 bridgehead atoms. The molecule has 0 aliphatic heterocycles. The van der Waals surface area contributed by atoms with Gasteiger partial charge in [0, 0.05) is 28.0 Å². The Morgan fingerprint density at radius 1 is 0.865 bits per heavy atom. The molecule has 186 valence electrons. The van der Waals surface area contributed by atoms with Gasteiger partial charge >= 0.3 is 5.97 Å². The molecule has 0 amide bonds. The molecule has 37 heavy (non-hydrogen) atoms. The molecular weight excluding hydrogens is 464 g/mol. The SMILES string of the molecule is Cc1ccc(-c2cc(C(=O)OCC(=O)c3cc(C)n(-c4ccc(C)c(C)c4)c3C)c3ccccc3n2)o1. The topological polar surface area (TPSA) is 74.3 Å². The summed E-state index contributed by atoms with van der Waals surface area (Å²) in [5.41, 5.74) is 7.19. The van der Waals surface area contributed by atoms with Gasteiger partial charge in [-0.05, 0) is 88.2 Å². The maximum atomic E-state index is 13.2. The molecule has 0 saturated heterocycles. The minimum Gasteiger partial charge on any atom is -0.460 e. The first-order valence-corrected chi connectivity index (χ1v) is 12.2. The van der Waals surface area contributed by atoms with Gasteiger partial charge in [-0.2, -0.15) is 0 Å². The number of benzene rings is 2. The number of carbonyl (C=O) groups is 2. The number of pyridine rings is 1. The van der Waals surface area contributed by atoms with E-state index in [0.717, 1.165) is 22.8 Å². The molecule has 0 atom stereocenters. The van der Waals surface area contributed by atoms with Crippen LogP contribution in [0.15, 0.2) is 71.1 Å². The molecule has 0 saturated carbocycles. The first-order chi connectivity index (χ1) is 17.7. The van der Waals surface area contributed by atoms with Crippen molar-refractivity contribution in [3.05, 3.63) is 106 Å². The number of esters is 1. The molecule has 0 fully saturated rings. The molecule has 5 rings (SSSR count).